The highest BCUT2D eigenvalue weighted by molar-refractivity contribution is 9.10. The molecule has 0 unspecified atom stereocenters. The van der Waals surface area contributed by atoms with Gasteiger partial charge in [0.2, 0.25) is 0 Å². The Hall–Kier alpha value is -2.19. The Morgan fingerprint density at radius 2 is 1.83 bits per heavy atom. The molecule has 0 aromatic heterocycles. The fourth-order valence-electron chi connectivity index (χ4n) is 1.53. The van der Waals surface area contributed by atoms with Gasteiger partial charge in [-0.1, -0.05) is 15.9 Å². The van der Waals surface area contributed by atoms with Crippen LogP contribution in [0.2, 0.25) is 0 Å². The van der Waals surface area contributed by atoms with Crippen molar-refractivity contribution in [3.05, 3.63) is 46.4 Å². The molecule has 90 valence electrons. The van der Waals surface area contributed by atoms with Crippen LogP contribution in [0.1, 0.15) is 5.56 Å². The van der Waals surface area contributed by atoms with Gasteiger partial charge in [-0.2, -0.15) is 5.26 Å². The standard InChI is InChI=1S/C13H11BrN4/c14-9-1-4-13(8(5-9)7-15)18-10-2-3-11(16)12(17)6-10/h1-6,18H,16-17H2. The fraction of sp³-hybridized carbons (Fsp3) is 0. The van der Waals surface area contributed by atoms with E-state index >= 15 is 0 Å². The number of nitriles is 1. The first-order valence-corrected chi connectivity index (χ1v) is 6.01. The minimum absolute atomic E-state index is 0.510. The molecule has 0 aliphatic carbocycles. The summed E-state index contributed by atoms with van der Waals surface area (Å²) < 4.78 is 0.862. The van der Waals surface area contributed by atoms with E-state index in [1.54, 1.807) is 18.2 Å². The predicted octanol–water partition coefficient (Wildman–Crippen LogP) is 3.23. The van der Waals surface area contributed by atoms with Crippen molar-refractivity contribution < 1.29 is 0 Å². The maximum Gasteiger partial charge on any atom is 0.101 e. The van der Waals surface area contributed by atoms with Crippen molar-refractivity contribution in [2.45, 2.75) is 0 Å². The minimum Gasteiger partial charge on any atom is -0.397 e. The summed E-state index contributed by atoms with van der Waals surface area (Å²) in [7, 11) is 0. The lowest BCUT2D eigenvalue weighted by Gasteiger charge is -2.10. The molecule has 4 nitrogen and oxygen atoms in total. The lowest BCUT2D eigenvalue weighted by atomic mass is 10.2. The summed E-state index contributed by atoms with van der Waals surface area (Å²) in [5.74, 6) is 0. The minimum atomic E-state index is 0.510. The number of halogens is 1. The van der Waals surface area contributed by atoms with E-state index in [2.05, 4.69) is 27.3 Å². The summed E-state index contributed by atoms with van der Waals surface area (Å²) in [6, 6.07) is 12.9. The molecular formula is C13H11BrN4. The van der Waals surface area contributed by atoms with Crippen molar-refractivity contribution >= 4 is 38.7 Å². The van der Waals surface area contributed by atoms with Crippen molar-refractivity contribution in [3.8, 4) is 6.07 Å². The summed E-state index contributed by atoms with van der Waals surface area (Å²) in [5.41, 5.74) is 14.5. The summed E-state index contributed by atoms with van der Waals surface area (Å²) >= 11 is 3.33. The van der Waals surface area contributed by atoms with Gasteiger partial charge in [-0.3, -0.25) is 0 Å². The molecule has 0 radical (unpaired) electrons. The molecule has 5 N–H and O–H groups in total. The molecule has 0 saturated carbocycles. The molecule has 0 fully saturated rings. The van der Waals surface area contributed by atoms with Gasteiger partial charge in [-0.15, -0.1) is 0 Å². The zero-order valence-corrected chi connectivity index (χ0v) is 11.0. The normalized spacial score (nSPS) is 9.78. The zero-order valence-electron chi connectivity index (χ0n) is 9.44. The Bertz CT molecular complexity index is 631. The van der Waals surface area contributed by atoms with Crippen LogP contribution in [-0.4, -0.2) is 0 Å². The maximum atomic E-state index is 9.06. The molecule has 0 aliphatic heterocycles. The second-order valence-electron chi connectivity index (χ2n) is 3.77. The first-order valence-electron chi connectivity index (χ1n) is 5.22. The van der Waals surface area contributed by atoms with Crippen LogP contribution < -0.4 is 16.8 Å². The largest absolute Gasteiger partial charge is 0.397 e. The van der Waals surface area contributed by atoms with E-state index < -0.39 is 0 Å². The smallest absolute Gasteiger partial charge is 0.101 e. The van der Waals surface area contributed by atoms with Crippen LogP contribution in [0.25, 0.3) is 0 Å². The van der Waals surface area contributed by atoms with Gasteiger partial charge in [-0.05, 0) is 36.4 Å². The number of rotatable bonds is 2. The third kappa shape index (κ3) is 2.55. The van der Waals surface area contributed by atoms with E-state index in [0.29, 0.717) is 16.9 Å². The van der Waals surface area contributed by atoms with Crippen LogP contribution in [0, 0.1) is 11.3 Å². The molecule has 0 heterocycles. The van der Waals surface area contributed by atoms with E-state index in [9.17, 15) is 0 Å². The summed E-state index contributed by atoms with van der Waals surface area (Å²) in [4.78, 5) is 0. The number of nitrogens with zero attached hydrogens (tertiary/aromatic N) is 1. The molecule has 18 heavy (non-hydrogen) atoms. The van der Waals surface area contributed by atoms with Crippen LogP contribution in [0.5, 0.6) is 0 Å². The maximum absolute atomic E-state index is 9.06. The van der Waals surface area contributed by atoms with Gasteiger partial charge in [0.1, 0.15) is 6.07 Å². The lowest BCUT2D eigenvalue weighted by molar-refractivity contribution is 1.45. The van der Waals surface area contributed by atoms with Gasteiger partial charge in [0, 0.05) is 10.2 Å². The average molecular weight is 303 g/mol. The highest BCUT2D eigenvalue weighted by atomic mass is 79.9. The van der Waals surface area contributed by atoms with E-state index in [4.69, 9.17) is 16.7 Å². The SMILES string of the molecule is N#Cc1cc(Br)ccc1Nc1ccc(N)c(N)c1. The first-order chi connectivity index (χ1) is 8.60. The number of nitrogens with two attached hydrogens (primary N) is 2. The van der Waals surface area contributed by atoms with E-state index in [1.807, 2.05) is 18.2 Å². The Morgan fingerprint density at radius 1 is 1.06 bits per heavy atom. The van der Waals surface area contributed by atoms with Gasteiger partial charge in [0.15, 0.2) is 0 Å². The Balaban J connectivity index is 2.34. The molecule has 5 heteroatoms. The van der Waals surface area contributed by atoms with Crippen molar-refractivity contribution in [2.75, 3.05) is 16.8 Å². The topological polar surface area (TPSA) is 87.9 Å². The third-order valence-electron chi connectivity index (χ3n) is 2.47. The molecule has 2 aromatic carbocycles. The molecular weight excluding hydrogens is 292 g/mol. The quantitative estimate of drug-likeness (QED) is 0.743. The molecule has 0 spiro atoms. The summed E-state index contributed by atoms with van der Waals surface area (Å²) in [5, 5.41) is 12.2. The van der Waals surface area contributed by atoms with Crippen LogP contribution >= 0.6 is 15.9 Å². The summed E-state index contributed by atoms with van der Waals surface area (Å²) in [6.45, 7) is 0. The Labute approximate surface area is 113 Å². The number of benzene rings is 2. The molecule has 0 bridgehead atoms. The van der Waals surface area contributed by atoms with Gasteiger partial charge < -0.3 is 16.8 Å². The van der Waals surface area contributed by atoms with E-state index in [1.165, 1.54) is 0 Å². The van der Waals surface area contributed by atoms with Gasteiger partial charge in [0.05, 0.1) is 22.6 Å². The number of anilines is 4. The number of nitrogens with one attached hydrogen (secondary N) is 1. The zero-order chi connectivity index (χ0) is 13.1. The van der Waals surface area contributed by atoms with Crippen LogP contribution in [-0.2, 0) is 0 Å². The van der Waals surface area contributed by atoms with Crippen molar-refractivity contribution in [2.24, 2.45) is 0 Å². The number of nitrogen functional groups attached to an aromatic ring is 2. The second kappa shape index (κ2) is 4.98. The van der Waals surface area contributed by atoms with Crippen molar-refractivity contribution in [1.82, 2.24) is 0 Å². The van der Waals surface area contributed by atoms with Crippen LogP contribution in [0.3, 0.4) is 0 Å². The molecule has 0 aliphatic rings. The fourth-order valence-corrected chi connectivity index (χ4v) is 1.89. The molecule has 2 aromatic rings. The average Bonchev–Trinajstić information content (AvgIpc) is 2.36. The monoisotopic (exact) mass is 302 g/mol. The third-order valence-corrected chi connectivity index (χ3v) is 2.96. The summed E-state index contributed by atoms with van der Waals surface area (Å²) in [6.07, 6.45) is 0. The van der Waals surface area contributed by atoms with Crippen LogP contribution in [0.4, 0.5) is 22.7 Å². The molecule has 2 rings (SSSR count). The Kier molecular flexibility index (Phi) is 3.40. The number of hydrogen-bond donors (Lipinski definition) is 3. The number of hydrogen-bond acceptors (Lipinski definition) is 4. The van der Waals surface area contributed by atoms with E-state index in [0.717, 1.165) is 15.8 Å². The lowest BCUT2D eigenvalue weighted by Crippen LogP contribution is -1.98. The second-order valence-corrected chi connectivity index (χ2v) is 4.69. The van der Waals surface area contributed by atoms with Gasteiger partial charge in [0.25, 0.3) is 0 Å². The van der Waals surface area contributed by atoms with Gasteiger partial charge in [-0.25, -0.2) is 0 Å². The van der Waals surface area contributed by atoms with Crippen LogP contribution in [0.15, 0.2) is 40.9 Å². The Morgan fingerprint density at radius 3 is 2.50 bits per heavy atom. The first kappa shape index (κ1) is 12.3. The van der Waals surface area contributed by atoms with Crippen molar-refractivity contribution in [3.63, 3.8) is 0 Å². The van der Waals surface area contributed by atoms with Gasteiger partial charge >= 0.3 is 0 Å². The predicted molar refractivity (Wildman–Crippen MR) is 77.4 cm³/mol. The van der Waals surface area contributed by atoms with Crippen molar-refractivity contribution in [1.29, 1.82) is 5.26 Å². The highest BCUT2D eigenvalue weighted by Gasteiger charge is 2.04. The molecule has 0 amide bonds. The van der Waals surface area contributed by atoms with E-state index in [-0.39, 0.29) is 0 Å². The molecule has 0 saturated heterocycles. The highest BCUT2D eigenvalue weighted by Crippen LogP contribution is 2.26. The molecule has 0 atom stereocenters.